The van der Waals surface area contributed by atoms with Crippen molar-refractivity contribution in [1.82, 2.24) is 5.32 Å². The summed E-state index contributed by atoms with van der Waals surface area (Å²) in [6, 6.07) is 14.4. The number of amides is 3. The third-order valence-corrected chi connectivity index (χ3v) is 4.73. The molecule has 0 spiro atoms. The Hall–Kier alpha value is -3.02. The highest BCUT2D eigenvalue weighted by Gasteiger charge is 2.22. The number of anilines is 2. The van der Waals surface area contributed by atoms with E-state index in [4.69, 9.17) is 4.74 Å². The molecule has 1 saturated carbocycles. The van der Waals surface area contributed by atoms with Crippen molar-refractivity contribution in [2.45, 2.75) is 32.2 Å². The summed E-state index contributed by atoms with van der Waals surface area (Å²) in [6.07, 6.45) is 4.19. The van der Waals surface area contributed by atoms with Gasteiger partial charge in [0.05, 0.1) is 12.8 Å². The van der Waals surface area contributed by atoms with Crippen molar-refractivity contribution in [2.24, 2.45) is 5.92 Å². The van der Waals surface area contributed by atoms with Crippen LogP contribution < -0.4 is 20.7 Å². The highest BCUT2D eigenvalue weighted by Crippen LogP contribution is 2.26. The Balaban J connectivity index is 1.53. The topological polar surface area (TPSA) is 79.5 Å². The first-order chi connectivity index (χ1) is 13.2. The van der Waals surface area contributed by atoms with Crippen LogP contribution in [0.15, 0.2) is 48.5 Å². The van der Waals surface area contributed by atoms with Crippen molar-refractivity contribution < 1.29 is 14.3 Å². The predicted octanol–water partition coefficient (Wildman–Crippen LogP) is 4.15. The molecule has 6 heteroatoms. The molecular formula is C21H25N3O3. The maximum absolute atomic E-state index is 12.3. The lowest BCUT2D eigenvalue weighted by Crippen LogP contribution is -2.28. The Kier molecular flexibility index (Phi) is 6.30. The minimum atomic E-state index is -0.320. The predicted molar refractivity (Wildman–Crippen MR) is 106 cm³/mol. The van der Waals surface area contributed by atoms with Gasteiger partial charge in [-0.1, -0.05) is 37.1 Å². The fourth-order valence-electron chi connectivity index (χ4n) is 3.29. The van der Waals surface area contributed by atoms with E-state index in [1.807, 2.05) is 36.4 Å². The first-order valence-corrected chi connectivity index (χ1v) is 9.23. The molecule has 0 aliphatic heterocycles. The molecule has 0 unspecified atom stereocenters. The summed E-state index contributed by atoms with van der Waals surface area (Å²) < 4.78 is 5.22. The molecule has 142 valence electrons. The molecule has 27 heavy (non-hydrogen) atoms. The molecule has 0 bridgehead atoms. The van der Waals surface area contributed by atoms with Crippen molar-refractivity contribution in [3.05, 3.63) is 54.1 Å². The molecular weight excluding hydrogens is 342 g/mol. The minimum absolute atomic E-state index is 0.0894. The van der Waals surface area contributed by atoms with Gasteiger partial charge in [-0.2, -0.15) is 0 Å². The van der Waals surface area contributed by atoms with Crippen molar-refractivity contribution in [3.63, 3.8) is 0 Å². The molecule has 1 fully saturated rings. The van der Waals surface area contributed by atoms with E-state index in [9.17, 15) is 9.59 Å². The van der Waals surface area contributed by atoms with Crippen LogP contribution in [-0.2, 0) is 11.3 Å². The van der Waals surface area contributed by atoms with Gasteiger partial charge >= 0.3 is 6.03 Å². The highest BCUT2D eigenvalue weighted by atomic mass is 16.5. The number of hydrogen-bond acceptors (Lipinski definition) is 3. The summed E-state index contributed by atoms with van der Waals surface area (Å²) in [5, 5.41) is 8.57. The number of urea groups is 1. The SMILES string of the molecule is COc1ccccc1NC(=O)NCc1cccc(NC(=O)C2CCCC2)c1. The highest BCUT2D eigenvalue weighted by molar-refractivity contribution is 5.93. The van der Waals surface area contributed by atoms with Crippen LogP contribution in [0.5, 0.6) is 5.75 Å². The summed E-state index contributed by atoms with van der Waals surface area (Å²) in [4.78, 5) is 24.4. The molecule has 0 atom stereocenters. The van der Waals surface area contributed by atoms with Crippen molar-refractivity contribution in [3.8, 4) is 5.75 Å². The number of rotatable bonds is 6. The van der Waals surface area contributed by atoms with Crippen LogP contribution in [0.1, 0.15) is 31.2 Å². The van der Waals surface area contributed by atoms with Crippen LogP contribution in [0.3, 0.4) is 0 Å². The second kappa shape index (κ2) is 9.07. The lowest BCUT2D eigenvalue weighted by Gasteiger charge is -2.13. The molecule has 0 saturated heterocycles. The molecule has 0 heterocycles. The Morgan fingerprint density at radius 3 is 2.59 bits per heavy atom. The fourth-order valence-corrected chi connectivity index (χ4v) is 3.29. The molecule has 3 rings (SSSR count). The standard InChI is InChI=1S/C21H25N3O3/c1-27-19-12-5-4-11-18(19)24-21(26)22-14-15-7-6-10-17(13-15)23-20(25)16-8-2-3-9-16/h4-7,10-13,16H,2-3,8-9,14H2,1H3,(H,23,25)(H2,22,24,26). The van der Waals surface area contributed by atoms with E-state index >= 15 is 0 Å². The fraction of sp³-hybridized carbons (Fsp3) is 0.333. The number of hydrogen-bond donors (Lipinski definition) is 3. The number of para-hydroxylation sites is 2. The van der Waals surface area contributed by atoms with Crippen LogP contribution in [0.25, 0.3) is 0 Å². The summed E-state index contributed by atoms with van der Waals surface area (Å²) in [7, 11) is 1.56. The summed E-state index contributed by atoms with van der Waals surface area (Å²) in [5.41, 5.74) is 2.28. The van der Waals surface area contributed by atoms with Gasteiger partial charge in [-0.25, -0.2) is 4.79 Å². The molecule has 2 aromatic rings. The van der Waals surface area contributed by atoms with Crippen molar-refractivity contribution >= 4 is 23.3 Å². The van der Waals surface area contributed by atoms with E-state index in [0.29, 0.717) is 18.0 Å². The molecule has 0 aromatic heterocycles. The number of methoxy groups -OCH3 is 1. The molecule has 3 amide bonds. The number of ether oxygens (including phenoxy) is 1. The number of carbonyl (C=O) groups excluding carboxylic acids is 2. The van der Waals surface area contributed by atoms with E-state index in [1.165, 1.54) is 0 Å². The molecule has 6 nitrogen and oxygen atoms in total. The quantitative estimate of drug-likeness (QED) is 0.718. The number of carbonyl (C=O) groups is 2. The third kappa shape index (κ3) is 5.23. The summed E-state index contributed by atoms with van der Waals surface area (Å²) in [6.45, 7) is 0.355. The zero-order valence-electron chi connectivity index (χ0n) is 15.5. The van der Waals surface area contributed by atoms with Gasteiger partial charge in [0.1, 0.15) is 5.75 Å². The monoisotopic (exact) mass is 367 g/mol. The lowest BCUT2D eigenvalue weighted by molar-refractivity contribution is -0.119. The third-order valence-electron chi connectivity index (χ3n) is 4.73. The van der Waals surface area contributed by atoms with Crippen molar-refractivity contribution in [1.29, 1.82) is 0 Å². The number of nitrogens with one attached hydrogen (secondary N) is 3. The summed E-state index contributed by atoms with van der Waals surface area (Å²) in [5.74, 6) is 0.814. The molecule has 0 radical (unpaired) electrons. The van der Waals surface area contributed by atoms with E-state index in [2.05, 4.69) is 16.0 Å². The second-order valence-electron chi connectivity index (χ2n) is 6.68. The minimum Gasteiger partial charge on any atom is -0.495 e. The molecule has 3 N–H and O–H groups in total. The Morgan fingerprint density at radius 1 is 1.04 bits per heavy atom. The smallest absolute Gasteiger partial charge is 0.319 e. The van der Waals surface area contributed by atoms with Gasteiger partial charge in [-0.15, -0.1) is 0 Å². The zero-order valence-corrected chi connectivity index (χ0v) is 15.5. The molecule has 2 aromatic carbocycles. The Bertz CT molecular complexity index is 801. The first kappa shape index (κ1) is 18.8. The first-order valence-electron chi connectivity index (χ1n) is 9.23. The average molecular weight is 367 g/mol. The van der Waals surface area contributed by atoms with Gasteiger partial charge in [0.2, 0.25) is 5.91 Å². The largest absolute Gasteiger partial charge is 0.495 e. The van der Waals surface area contributed by atoms with Crippen LogP contribution >= 0.6 is 0 Å². The maximum atomic E-state index is 12.3. The van der Waals surface area contributed by atoms with Crippen LogP contribution in [-0.4, -0.2) is 19.0 Å². The van der Waals surface area contributed by atoms with Crippen LogP contribution in [0.4, 0.5) is 16.2 Å². The van der Waals surface area contributed by atoms with Crippen LogP contribution in [0, 0.1) is 5.92 Å². The van der Waals surface area contributed by atoms with Gasteiger partial charge in [-0.05, 0) is 42.7 Å². The average Bonchev–Trinajstić information content (AvgIpc) is 3.22. The molecule has 1 aliphatic rings. The second-order valence-corrected chi connectivity index (χ2v) is 6.68. The van der Waals surface area contributed by atoms with Gasteiger partial charge in [0, 0.05) is 18.2 Å². The zero-order chi connectivity index (χ0) is 19.1. The number of benzene rings is 2. The normalized spacial score (nSPS) is 13.8. The van der Waals surface area contributed by atoms with E-state index in [-0.39, 0.29) is 17.9 Å². The van der Waals surface area contributed by atoms with Gasteiger partial charge < -0.3 is 20.7 Å². The molecule has 1 aliphatic carbocycles. The van der Waals surface area contributed by atoms with Gasteiger partial charge in [-0.3, -0.25) is 4.79 Å². The Morgan fingerprint density at radius 2 is 1.81 bits per heavy atom. The van der Waals surface area contributed by atoms with E-state index in [0.717, 1.165) is 36.9 Å². The summed E-state index contributed by atoms with van der Waals surface area (Å²) >= 11 is 0. The van der Waals surface area contributed by atoms with Crippen LogP contribution in [0.2, 0.25) is 0 Å². The van der Waals surface area contributed by atoms with E-state index in [1.54, 1.807) is 19.2 Å². The van der Waals surface area contributed by atoms with Gasteiger partial charge in [0.25, 0.3) is 0 Å². The maximum Gasteiger partial charge on any atom is 0.319 e. The van der Waals surface area contributed by atoms with Gasteiger partial charge in [0.15, 0.2) is 0 Å². The van der Waals surface area contributed by atoms with Crippen molar-refractivity contribution in [2.75, 3.05) is 17.7 Å². The Labute approximate surface area is 159 Å². The van der Waals surface area contributed by atoms with E-state index < -0.39 is 0 Å². The lowest BCUT2D eigenvalue weighted by atomic mass is 10.1.